The van der Waals surface area contributed by atoms with E-state index in [1.165, 1.54) is 0 Å². The predicted octanol–water partition coefficient (Wildman–Crippen LogP) is 1.66. The van der Waals surface area contributed by atoms with E-state index in [1.807, 2.05) is 6.92 Å². The number of benzene rings is 1. The number of hydrogen-bond acceptors (Lipinski definition) is 4. The lowest BCUT2D eigenvalue weighted by atomic mass is 10.2. The van der Waals surface area contributed by atoms with E-state index in [4.69, 9.17) is 14.6 Å². The molecule has 0 saturated carbocycles. The van der Waals surface area contributed by atoms with Crippen molar-refractivity contribution in [1.29, 1.82) is 0 Å². The highest BCUT2D eigenvalue weighted by Gasteiger charge is 2.05. The SMILES string of the molecule is CCOc1cc(C=O)ccc1OCCCO. The van der Waals surface area contributed by atoms with Crippen molar-refractivity contribution in [2.24, 2.45) is 0 Å². The lowest BCUT2D eigenvalue weighted by Crippen LogP contribution is -2.02. The molecule has 1 rings (SSSR count). The van der Waals surface area contributed by atoms with Gasteiger partial charge in [-0.25, -0.2) is 0 Å². The molecule has 16 heavy (non-hydrogen) atoms. The van der Waals surface area contributed by atoms with E-state index in [1.54, 1.807) is 18.2 Å². The van der Waals surface area contributed by atoms with Gasteiger partial charge in [0.25, 0.3) is 0 Å². The molecule has 4 nitrogen and oxygen atoms in total. The standard InChI is InChI=1S/C12H16O4/c1-2-15-12-8-10(9-14)4-5-11(12)16-7-3-6-13/h4-5,8-9,13H,2-3,6-7H2,1H3. The summed E-state index contributed by atoms with van der Waals surface area (Å²) >= 11 is 0. The minimum absolute atomic E-state index is 0.0936. The summed E-state index contributed by atoms with van der Waals surface area (Å²) < 4.78 is 10.8. The fraction of sp³-hybridized carbons (Fsp3) is 0.417. The quantitative estimate of drug-likeness (QED) is 0.565. The Morgan fingerprint density at radius 3 is 2.75 bits per heavy atom. The molecule has 4 heteroatoms. The highest BCUT2D eigenvalue weighted by molar-refractivity contribution is 5.76. The van der Waals surface area contributed by atoms with E-state index in [-0.39, 0.29) is 6.61 Å². The van der Waals surface area contributed by atoms with Gasteiger partial charge in [0.15, 0.2) is 11.5 Å². The Kier molecular flexibility index (Phi) is 5.36. The maximum Gasteiger partial charge on any atom is 0.161 e. The van der Waals surface area contributed by atoms with E-state index >= 15 is 0 Å². The fourth-order valence-corrected chi connectivity index (χ4v) is 1.23. The number of aliphatic hydroxyl groups excluding tert-OH is 1. The van der Waals surface area contributed by atoms with Crippen LogP contribution < -0.4 is 9.47 Å². The zero-order chi connectivity index (χ0) is 11.8. The van der Waals surface area contributed by atoms with Gasteiger partial charge >= 0.3 is 0 Å². The van der Waals surface area contributed by atoms with E-state index in [0.717, 1.165) is 6.29 Å². The number of carbonyl (C=O) groups excluding carboxylic acids is 1. The summed E-state index contributed by atoms with van der Waals surface area (Å²) in [5, 5.41) is 8.64. The Morgan fingerprint density at radius 2 is 2.12 bits per heavy atom. The number of rotatable bonds is 7. The molecule has 0 aliphatic rings. The minimum Gasteiger partial charge on any atom is -0.490 e. The van der Waals surface area contributed by atoms with Crippen LogP contribution in [0.1, 0.15) is 23.7 Å². The Hall–Kier alpha value is -1.55. The van der Waals surface area contributed by atoms with Crippen LogP contribution in [0.5, 0.6) is 11.5 Å². The van der Waals surface area contributed by atoms with Gasteiger partial charge < -0.3 is 14.6 Å². The Balaban J connectivity index is 2.76. The van der Waals surface area contributed by atoms with Gasteiger partial charge in [0, 0.05) is 18.6 Å². The highest BCUT2D eigenvalue weighted by atomic mass is 16.5. The monoisotopic (exact) mass is 224 g/mol. The molecule has 0 radical (unpaired) electrons. The van der Waals surface area contributed by atoms with Crippen molar-refractivity contribution in [2.45, 2.75) is 13.3 Å². The molecule has 0 spiro atoms. The van der Waals surface area contributed by atoms with Gasteiger partial charge in [-0.05, 0) is 25.1 Å². The first kappa shape index (κ1) is 12.5. The smallest absolute Gasteiger partial charge is 0.161 e. The zero-order valence-corrected chi connectivity index (χ0v) is 9.31. The van der Waals surface area contributed by atoms with Crippen LogP contribution in [-0.4, -0.2) is 31.2 Å². The van der Waals surface area contributed by atoms with Gasteiger partial charge in [0.2, 0.25) is 0 Å². The van der Waals surface area contributed by atoms with Gasteiger partial charge in [0.05, 0.1) is 13.2 Å². The van der Waals surface area contributed by atoms with Crippen LogP contribution >= 0.6 is 0 Å². The number of aldehydes is 1. The second kappa shape index (κ2) is 6.85. The molecule has 0 aliphatic carbocycles. The highest BCUT2D eigenvalue weighted by Crippen LogP contribution is 2.28. The zero-order valence-electron chi connectivity index (χ0n) is 9.31. The summed E-state index contributed by atoms with van der Waals surface area (Å²) in [4.78, 5) is 10.6. The Morgan fingerprint density at radius 1 is 1.31 bits per heavy atom. The van der Waals surface area contributed by atoms with Crippen molar-refractivity contribution in [3.05, 3.63) is 23.8 Å². The fourth-order valence-electron chi connectivity index (χ4n) is 1.23. The molecular formula is C12H16O4. The van der Waals surface area contributed by atoms with Crippen molar-refractivity contribution in [3.8, 4) is 11.5 Å². The number of carbonyl (C=O) groups is 1. The molecule has 1 N–H and O–H groups in total. The van der Waals surface area contributed by atoms with Crippen molar-refractivity contribution in [3.63, 3.8) is 0 Å². The predicted molar refractivity (Wildman–Crippen MR) is 60.2 cm³/mol. The molecule has 0 bridgehead atoms. The third-order valence-corrected chi connectivity index (χ3v) is 1.96. The van der Waals surface area contributed by atoms with E-state index in [2.05, 4.69) is 0 Å². The molecule has 1 aromatic carbocycles. The van der Waals surface area contributed by atoms with Gasteiger partial charge in [-0.1, -0.05) is 0 Å². The molecule has 1 aromatic rings. The molecule has 0 saturated heterocycles. The molecule has 0 heterocycles. The second-order valence-electron chi connectivity index (χ2n) is 3.18. The first-order valence-corrected chi connectivity index (χ1v) is 5.27. The summed E-state index contributed by atoms with van der Waals surface area (Å²) in [5.74, 6) is 1.16. The first-order chi connectivity index (χ1) is 7.81. The lowest BCUT2D eigenvalue weighted by molar-refractivity contribution is 0.112. The van der Waals surface area contributed by atoms with Crippen molar-refractivity contribution >= 4 is 6.29 Å². The summed E-state index contributed by atoms with van der Waals surface area (Å²) in [6.07, 6.45) is 1.33. The lowest BCUT2D eigenvalue weighted by Gasteiger charge is -2.11. The first-order valence-electron chi connectivity index (χ1n) is 5.27. The summed E-state index contributed by atoms with van der Waals surface area (Å²) in [5.41, 5.74) is 0.554. The largest absolute Gasteiger partial charge is 0.490 e. The van der Waals surface area contributed by atoms with Gasteiger partial charge in [-0.3, -0.25) is 4.79 Å². The third kappa shape index (κ3) is 3.55. The van der Waals surface area contributed by atoms with E-state index in [9.17, 15) is 4.79 Å². The van der Waals surface area contributed by atoms with Crippen LogP contribution in [0.15, 0.2) is 18.2 Å². The molecular weight excluding hydrogens is 208 g/mol. The summed E-state index contributed by atoms with van der Waals surface area (Å²) in [7, 11) is 0. The second-order valence-corrected chi connectivity index (χ2v) is 3.18. The average Bonchev–Trinajstić information content (AvgIpc) is 2.31. The maximum absolute atomic E-state index is 10.6. The van der Waals surface area contributed by atoms with Crippen LogP contribution in [0.25, 0.3) is 0 Å². The number of hydrogen-bond donors (Lipinski definition) is 1. The molecule has 0 atom stereocenters. The average molecular weight is 224 g/mol. The van der Waals surface area contributed by atoms with Crippen LogP contribution in [0.3, 0.4) is 0 Å². The van der Waals surface area contributed by atoms with Crippen molar-refractivity contribution in [2.75, 3.05) is 19.8 Å². The van der Waals surface area contributed by atoms with Crippen LogP contribution in [-0.2, 0) is 0 Å². The van der Waals surface area contributed by atoms with E-state index in [0.29, 0.717) is 36.7 Å². The summed E-state index contributed by atoms with van der Waals surface area (Å²) in [6.45, 7) is 2.90. The van der Waals surface area contributed by atoms with Crippen LogP contribution in [0.2, 0.25) is 0 Å². The molecule has 0 aromatic heterocycles. The maximum atomic E-state index is 10.6. The molecule has 0 amide bonds. The Bertz CT molecular complexity index is 336. The molecule has 0 fully saturated rings. The van der Waals surface area contributed by atoms with Crippen LogP contribution in [0.4, 0.5) is 0 Å². The third-order valence-electron chi connectivity index (χ3n) is 1.96. The Labute approximate surface area is 94.8 Å². The minimum atomic E-state index is 0.0936. The van der Waals surface area contributed by atoms with Gasteiger partial charge in [0.1, 0.15) is 6.29 Å². The molecule has 0 unspecified atom stereocenters. The molecule has 0 aliphatic heterocycles. The van der Waals surface area contributed by atoms with E-state index < -0.39 is 0 Å². The van der Waals surface area contributed by atoms with Gasteiger partial charge in [-0.2, -0.15) is 0 Å². The van der Waals surface area contributed by atoms with Crippen molar-refractivity contribution < 1.29 is 19.4 Å². The van der Waals surface area contributed by atoms with Gasteiger partial charge in [-0.15, -0.1) is 0 Å². The molecule has 88 valence electrons. The number of ether oxygens (including phenoxy) is 2. The van der Waals surface area contributed by atoms with Crippen LogP contribution in [0, 0.1) is 0 Å². The van der Waals surface area contributed by atoms with Crippen molar-refractivity contribution in [1.82, 2.24) is 0 Å². The number of aliphatic hydroxyl groups is 1. The topological polar surface area (TPSA) is 55.8 Å². The normalized spacial score (nSPS) is 9.88. The summed E-state index contributed by atoms with van der Waals surface area (Å²) in [6, 6.07) is 5.01.